The summed E-state index contributed by atoms with van der Waals surface area (Å²) >= 11 is 0. The van der Waals surface area contributed by atoms with Gasteiger partial charge in [-0.1, -0.05) is 12.1 Å². The van der Waals surface area contributed by atoms with Crippen LogP contribution in [-0.2, 0) is 27.5 Å². The van der Waals surface area contributed by atoms with Crippen LogP contribution >= 0.6 is 0 Å². The number of rotatable bonds is 4. The Morgan fingerprint density at radius 1 is 1.19 bits per heavy atom. The summed E-state index contributed by atoms with van der Waals surface area (Å²) in [5, 5.41) is 4.50. The second kappa shape index (κ2) is 8.37. The van der Waals surface area contributed by atoms with Crippen molar-refractivity contribution in [1.82, 2.24) is 10.2 Å². The van der Waals surface area contributed by atoms with Gasteiger partial charge in [0, 0.05) is 29.8 Å². The van der Waals surface area contributed by atoms with Crippen molar-refractivity contribution >= 4 is 29.5 Å². The predicted octanol–water partition coefficient (Wildman–Crippen LogP) is 2.78. The van der Waals surface area contributed by atoms with Crippen molar-refractivity contribution in [2.45, 2.75) is 39.0 Å². The maximum atomic E-state index is 13.6. The van der Waals surface area contributed by atoms with Crippen molar-refractivity contribution in [3.63, 3.8) is 0 Å². The molecule has 2 heterocycles. The molecule has 0 radical (unpaired) electrons. The zero-order valence-corrected chi connectivity index (χ0v) is 17.0. The van der Waals surface area contributed by atoms with Crippen LogP contribution < -0.4 is 10.6 Å². The maximum absolute atomic E-state index is 13.6. The largest absolute Gasteiger partial charge is 0.444 e. The number of benzene rings is 2. The fourth-order valence-electron chi connectivity index (χ4n) is 3.71. The molecule has 10 heteroatoms. The molecule has 4 rings (SSSR count). The van der Waals surface area contributed by atoms with Gasteiger partial charge in [0.1, 0.15) is 24.3 Å². The molecular weight excluding hydrogens is 424 g/mol. The third-order valence-corrected chi connectivity index (χ3v) is 5.49. The summed E-state index contributed by atoms with van der Waals surface area (Å²) < 4.78 is 32.3. The lowest BCUT2D eigenvalue weighted by atomic mass is 10.0. The number of nitrogens with one attached hydrogen (secondary N) is 2. The number of piperidine rings is 1. The van der Waals surface area contributed by atoms with Crippen LogP contribution in [0.1, 0.15) is 39.9 Å². The highest BCUT2D eigenvalue weighted by Crippen LogP contribution is 2.28. The summed E-state index contributed by atoms with van der Waals surface area (Å²) in [6, 6.07) is 6.21. The minimum atomic E-state index is -0.912. The molecule has 2 aromatic carbocycles. The molecule has 2 N–H and O–H groups in total. The highest BCUT2D eigenvalue weighted by Gasteiger charge is 2.39. The summed E-state index contributed by atoms with van der Waals surface area (Å²) in [6.45, 7) is 1.34. The Bertz CT molecular complexity index is 1130. The van der Waals surface area contributed by atoms with Crippen LogP contribution in [0.15, 0.2) is 30.3 Å². The Morgan fingerprint density at radius 2 is 1.91 bits per heavy atom. The van der Waals surface area contributed by atoms with E-state index in [1.165, 1.54) is 11.8 Å². The predicted molar refractivity (Wildman–Crippen MR) is 107 cm³/mol. The first kappa shape index (κ1) is 21.4. The zero-order valence-electron chi connectivity index (χ0n) is 17.0. The SMILES string of the molecule is Cc1c(F)cc(NC(=O)OCc2ccc3c(c2)C(=O)N(C2CCC(=O)NC2=O)C3)cc1F. The van der Waals surface area contributed by atoms with Gasteiger partial charge in [0.05, 0.1) is 0 Å². The number of ether oxygens (including phenoxy) is 1. The summed E-state index contributed by atoms with van der Waals surface area (Å²) in [4.78, 5) is 49.7. The molecule has 4 amide bonds. The first-order valence-electron chi connectivity index (χ1n) is 9.89. The van der Waals surface area contributed by atoms with Gasteiger partial charge in [0.25, 0.3) is 5.91 Å². The standard InChI is InChI=1S/C22H19F2N3O5/c1-11-16(23)7-14(8-17(11)24)25-22(31)32-10-12-2-3-13-9-27(21(30)15(13)6-12)18-4-5-19(28)26-20(18)29/h2-3,6-8,18H,4-5,9-10H2,1H3,(H,25,31)(H,26,28,29). The van der Waals surface area contributed by atoms with Crippen LogP contribution in [0.3, 0.4) is 0 Å². The Hall–Kier alpha value is -3.82. The molecule has 1 fully saturated rings. The van der Waals surface area contributed by atoms with E-state index in [4.69, 9.17) is 4.74 Å². The van der Waals surface area contributed by atoms with Crippen LogP contribution in [0.5, 0.6) is 0 Å². The van der Waals surface area contributed by atoms with E-state index in [1.807, 2.05) is 0 Å². The Labute approximate surface area is 181 Å². The molecule has 0 bridgehead atoms. The molecule has 8 nitrogen and oxygen atoms in total. The number of hydrogen-bond donors (Lipinski definition) is 2. The number of carbonyl (C=O) groups is 4. The number of amides is 4. The first-order chi connectivity index (χ1) is 15.2. The van der Waals surface area contributed by atoms with E-state index in [1.54, 1.807) is 18.2 Å². The van der Waals surface area contributed by atoms with Gasteiger partial charge in [-0.05, 0) is 42.7 Å². The van der Waals surface area contributed by atoms with Crippen molar-refractivity contribution < 1.29 is 32.7 Å². The van der Waals surface area contributed by atoms with Crippen molar-refractivity contribution in [2.24, 2.45) is 0 Å². The summed E-state index contributed by atoms with van der Waals surface area (Å²) in [7, 11) is 0. The van der Waals surface area contributed by atoms with Gasteiger partial charge in [-0.25, -0.2) is 13.6 Å². The molecule has 0 saturated carbocycles. The molecule has 1 unspecified atom stereocenters. The van der Waals surface area contributed by atoms with E-state index in [-0.39, 0.29) is 49.1 Å². The molecule has 0 aliphatic carbocycles. The lowest BCUT2D eigenvalue weighted by Crippen LogP contribution is -2.52. The molecule has 2 aliphatic heterocycles. The number of fused-ring (bicyclic) bond motifs is 1. The quantitative estimate of drug-likeness (QED) is 0.707. The van der Waals surface area contributed by atoms with Gasteiger partial charge in [0.15, 0.2) is 0 Å². The fourth-order valence-corrected chi connectivity index (χ4v) is 3.71. The third-order valence-electron chi connectivity index (χ3n) is 5.49. The Morgan fingerprint density at radius 3 is 2.59 bits per heavy atom. The van der Waals surface area contributed by atoms with Gasteiger partial charge in [-0.15, -0.1) is 0 Å². The average molecular weight is 443 g/mol. The second-order valence-electron chi connectivity index (χ2n) is 7.66. The van der Waals surface area contributed by atoms with Gasteiger partial charge in [-0.3, -0.25) is 25.0 Å². The highest BCUT2D eigenvalue weighted by molar-refractivity contribution is 6.05. The van der Waals surface area contributed by atoms with Gasteiger partial charge in [-0.2, -0.15) is 0 Å². The highest BCUT2D eigenvalue weighted by atomic mass is 19.1. The lowest BCUT2D eigenvalue weighted by Gasteiger charge is -2.29. The number of anilines is 1. The van der Waals surface area contributed by atoms with Crippen molar-refractivity contribution in [3.8, 4) is 0 Å². The van der Waals surface area contributed by atoms with Crippen LogP contribution in [0, 0.1) is 18.6 Å². The molecule has 2 aromatic rings. The number of hydrogen-bond acceptors (Lipinski definition) is 5. The van der Waals surface area contributed by atoms with Gasteiger partial charge < -0.3 is 9.64 Å². The monoisotopic (exact) mass is 443 g/mol. The van der Waals surface area contributed by atoms with E-state index >= 15 is 0 Å². The summed E-state index contributed by atoms with van der Waals surface area (Å²) in [5.41, 5.74) is 1.40. The maximum Gasteiger partial charge on any atom is 0.411 e. The number of imide groups is 1. The first-order valence-corrected chi connectivity index (χ1v) is 9.89. The van der Waals surface area contributed by atoms with Crippen molar-refractivity contribution in [3.05, 3.63) is 64.2 Å². The van der Waals surface area contributed by atoms with E-state index in [2.05, 4.69) is 10.6 Å². The molecule has 0 spiro atoms. The second-order valence-corrected chi connectivity index (χ2v) is 7.66. The molecule has 1 atom stereocenters. The number of carbonyl (C=O) groups excluding carboxylic acids is 4. The smallest absolute Gasteiger partial charge is 0.411 e. The Kier molecular flexibility index (Phi) is 5.60. The number of halogens is 2. The minimum Gasteiger partial charge on any atom is -0.444 e. The van der Waals surface area contributed by atoms with Crippen molar-refractivity contribution in [2.75, 3.05) is 5.32 Å². The van der Waals surface area contributed by atoms with Crippen molar-refractivity contribution in [1.29, 1.82) is 0 Å². The molecule has 166 valence electrons. The molecule has 2 aliphatic rings. The number of nitrogens with zero attached hydrogens (tertiary/aromatic N) is 1. The van der Waals surface area contributed by atoms with E-state index < -0.39 is 29.7 Å². The molecule has 0 aromatic heterocycles. The molecule has 32 heavy (non-hydrogen) atoms. The topological polar surface area (TPSA) is 105 Å². The van der Waals surface area contributed by atoms with E-state index in [0.29, 0.717) is 11.1 Å². The average Bonchev–Trinajstić information content (AvgIpc) is 3.06. The molecule has 1 saturated heterocycles. The third kappa shape index (κ3) is 4.16. The fraction of sp³-hybridized carbons (Fsp3) is 0.273. The Balaban J connectivity index is 1.39. The zero-order chi connectivity index (χ0) is 23.0. The van der Waals surface area contributed by atoms with E-state index in [9.17, 15) is 28.0 Å². The summed E-state index contributed by atoms with van der Waals surface area (Å²) in [5.74, 6) is -2.78. The van der Waals surface area contributed by atoms with Crippen LogP contribution in [0.25, 0.3) is 0 Å². The molecular formula is C22H19F2N3O5. The minimum absolute atomic E-state index is 0.0837. The normalized spacial score (nSPS) is 17.8. The van der Waals surface area contributed by atoms with E-state index in [0.717, 1.165) is 17.7 Å². The summed E-state index contributed by atoms with van der Waals surface area (Å²) in [6.07, 6.45) is -0.482. The van der Waals surface area contributed by atoms with Gasteiger partial charge in [0.2, 0.25) is 11.8 Å². The van der Waals surface area contributed by atoms with Crippen LogP contribution in [0.2, 0.25) is 0 Å². The lowest BCUT2D eigenvalue weighted by molar-refractivity contribution is -0.136. The van der Waals surface area contributed by atoms with Gasteiger partial charge >= 0.3 is 6.09 Å². The van der Waals surface area contributed by atoms with Crippen LogP contribution in [0.4, 0.5) is 19.3 Å². The van der Waals surface area contributed by atoms with Crippen LogP contribution in [-0.4, -0.2) is 34.8 Å².